The largest absolute Gasteiger partial charge is 0.384 e. The van der Waals surface area contributed by atoms with E-state index < -0.39 is 17.9 Å². The lowest BCUT2D eigenvalue weighted by Crippen LogP contribution is -2.47. The number of aromatic nitrogens is 6. The van der Waals surface area contributed by atoms with E-state index in [1.54, 1.807) is 18.2 Å². The second-order valence-corrected chi connectivity index (χ2v) is 17.4. The molecule has 5 heterocycles. The average molecular weight is 916 g/mol. The highest BCUT2D eigenvalue weighted by Crippen LogP contribution is 2.42. The normalized spacial score (nSPS) is 16.3. The molecule has 0 bridgehead atoms. The number of aromatic amines is 1. The number of ether oxygens (including phenoxy) is 4. The fourth-order valence-corrected chi connectivity index (χ4v) is 9.00. The number of hydrogen-bond donors (Lipinski definition) is 3. The Balaban J connectivity index is 0.693. The van der Waals surface area contributed by atoms with Crippen LogP contribution in [0.2, 0.25) is 0 Å². The molecule has 4 aromatic heterocycles. The SMILES string of the molecule is CCn1nc(C2CC2)cc1Nc1nc(COCCCOCCOCCOCCCNc2cccc3c2C(=O)N(C2CCC(=O)CC2=O)C3=O)nc2[nH]c3cc(-c4c(C)noc4C)c(C)cc3c12. The molecular weight excluding hydrogens is 859 g/mol. The molecule has 2 aliphatic carbocycles. The molecule has 0 radical (unpaired) electrons. The average Bonchev–Trinajstić information content (AvgIpc) is 3.77. The van der Waals surface area contributed by atoms with E-state index in [9.17, 15) is 19.2 Å². The maximum absolute atomic E-state index is 13.3. The summed E-state index contributed by atoms with van der Waals surface area (Å²) in [5, 5.41) is 17.8. The molecule has 9 rings (SSSR count). The highest BCUT2D eigenvalue weighted by Gasteiger charge is 2.45. The Morgan fingerprint density at radius 3 is 2.33 bits per heavy atom. The van der Waals surface area contributed by atoms with Gasteiger partial charge in [-0.25, -0.2) is 14.6 Å². The minimum atomic E-state index is -0.898. The molecule has 18 nitrogen and oxygen atoms in total. The number of amides is 2. The lowest BCUT2D eigenvalue weighted by Gasteiger charge is -2.27. The first-order valence-corrected chi connectivity index (χ1v) is 23.3. The zero-order valence-corrected chi connectivity index (χ0v) is 38.5. The lowest BCUT2D eigenvalue weighted by atomic mass is 9.92. The fraction of sp³-hybridized carbons (Fsp3) is 0.469. The van der Waals surface area contributed by atoms with Gasteiger partial charge in [0, 0.05) is 73.5 Å². The molecule has 1 atom stereocenters. The first kappa shape index (κ1) is 45.8. The van der Waals surface area contributed by atoms with E-state index in [0.29, 0.717) is 94.5 Å². The van der Waals surface area contributed by atoms with Crippen LogP contribution in [0.4, 0.5) is 17.3 Å². The number of anilines is 3. The third kappa shape index (κ3) is 9.88. The molecule has 2 amide bonds. The van der Waals surface area contributed by atoms with Crippen LogP contribution in [0.3, 0.4) is 0 Å². The van der Waals surface area contributed by atoms with E-state index in [0.717, 1.165) is 67.4 Å². The Kier molecular flexibility index (Phi) is 13.8. The number of aryl methyl sites for hydroxylation is 4. The Labute approximate surface area is 387 Å². The number of hydrogen-bond acceptors (Lipinski definition) is 15. The quantitative estimate of drug-likeness (QED) is 0.0327. The van der Waals surface area contributed by atoms with Gasteiger partial charge < -0.3 is 39.1 Å². The van der Waals surface area contributed by atoms with Crippen LogP contribution in [0.25, 0.3) is 33.1 Å². The molecule has 1 unspecified atom stereocenters. The van der Waals surface area contributed by atoms with Crippen LogP contribution in [0.5, 0.6) is 0 Å². The van der Waals surface area contributed by atoms with E-state index in [1.165, 1.54) is 12.8 Å². The molecular formula is C49H57N9O9. The van der Waals surface area contributed by atoms with Gasteiger partial charge in [0.05, 0.1) is 66.8 Å². The van der Waals surface area contributed by atoms with Crippen molar-refractivity contribution in [2.24, 2.45) is 0 Å². The number of imide groups is 1. The molecule has 352 valence electrons. The minimum Gasteiger partial charge on any atom is -0.384 e. The van der Waals surface area contributed by atoms with E-state index in [2.05, 4.69) is 52.8 Å². The number of rotatable bonds is 23. The molecule has 2 saturated carbocycles. The van der Waals surface area contributed by atoms with Gasteiger partial charge in [-0.15, -0.1) is 0 Å². The van der Waals surface area contributed by atoms with Gasteiger partial charge in [-0.05, 0) is 95.2 Å². The Morgan fingerprint density at radius 2 is 1.60 bits per heavy atom. The number of ketones is 2. The summed E-state index contributed by atoms with van der Waals surface area (Å²) < 4.78 is 30.7. The van der Waals surface area contributed by atoms with E-state index in [4.69, 9.17) is 38.5 Å². The summed E-state index contributed by atoms with van der Waals surface area (Å²) in [6.45, 7) is 12.7. The molecule has 67 heavy (non-hydrogen) atoms. The Bertz CT molecular complexity index is 2810. The van der Waals surface area contributed by atoms with E-state index >= 15 is 0 Å². The first-order valence-electron chi connectivity index (χ1n) is 23.3. The van der Waals surface area contributed by atoms with Crippen molar-refractivity contribution in [2.45, 2.75) is 97.8 Å². The molecule has 3 aliphatic rings. The summed E-state index contributed by atoms with van der Waals surface area (Å²) in [5.41, 5.74) is 7.81. The summed E-state index contributed by atoms with van der Waals surface area (Å²) >= 11 is 0. The Hall–Kier alpha value is -6.34. The summed E-state index contributed by atoms with van der Waals surface area (Å²) in [6.07, 6.45) is 3.79. The summed E-state index contributed by atoms with van der Waals surface area (Å²) in [7, 11) is 0. The zero-order chi connectivity index (χ0) is 46.6. The van der Waals surface area contributed by atoms with Gasteiger partial charge in [-0.1, -0.05) is 11.2 Å². The first-order chi connectivity index (χ1) is 32.6. The zero-order valence-electron chi connectivity index (χ0n) is 38.5. The number of nitrogens with zero attached hydrogens (tertiary/aromatic N) is 6. The van der Waals surface area contributed by atoms with Gasteiger partial charge in [0.25, 0.3) is 11.8 Å². The van der Waals surface area contributed by atoms with Crippen molar-refractivity contribution >= 4 is 62.6 Å². The predicted molar refractivity (Wildman–Crippen MR) is 249 cm³/mol. The van der Waals surface area contributed by atoms with Crippen molar-refractivity contribution in [1.29, 1.82) is 0 Å². The van der Waals surface area contributed by atoms with Crippen molar-refractivity contribution < 1.29 is 42.6 Å². The van der Waals surface area contributed by atoms with Crippen LogP contribution < -0.4 is 10.6 Å². The van der Waals surface area contributed by atoms with Crippen LogP contribution >= 0.6 is 0 Å². The van der Waals surface area contributed by atoms with Gasteiger partial charge in [-0.3, -0.25) is 24.1 Å². The van der Waals surface area contributed by atoms with Crippen molar-refractivity contribution in [3.63, 3.8) is 0 Å². The minimum absolute atomic E-state index is 0.162. The van der Waals surface area contributed by atoms with Crippen molar-refractivity contribution in [1.82, 2.24) is 34.8 Å². The van der Waals surface area contributed by atoms with Crippen molar-refractivity contribution in [2.75, 3.05) is 63.4 Å². The van der Waals surface area contributed by atoms with Crippen LogP contribution in [0.15, 0.2) is 40.9 Å². The van der Waals surface area contributed by atoms with Gasteiger partial charge in [0.15, 0.2) is 11.6 Å². The number of benzene rings is 2. The van der Waals surface area contributed by atoms with Crippen LogP contribution in [0.1, 0.15) is 107 Å². The highest BCUT2D eigenvalue weighted by molar-refractivity contribution is 6.25. The van der Waals surface area contributed by atoms with Crippen molar-refractivity contribution in [3.8, 4) is 11.1 Å². The number of carbonyl (C=O) groups is 4. The molecule has 2 aromatic carbocycles. The molecule has 6 aromatic rings. The number of nitrogens with one attached hydrogen (secondary N) is 3. The van der Waals surface area contributed by atoms with Crippen molar-refractivity contribution in [3.05, 3.63) is 76.1 Å². The smallest absolute Gasteiger partial charge is 0.264 e. The van der Waals surface area contributed by atoms with E-state index in [-0.39, 0.29) is 48.6 Å². The standard InChI is InChI=1S/C49H57N9O9/c1-5-57-42(26-37(55-57)31-11-12-31)54-47-45-35-23-28(2)34(43-29(3)56-67-30(43)4)25-38(35)51-46(45)52-41(53-47)27-66-18-8-17-64-20-22-65-21-19-63-16-7-15-50-36-10-6-9-33-44(36)49(62)58(48(33)61)39-14-13-32(59)24-40(39)60/h6,9-10,23,25-26,31,39,50H,5,7-8,11-22,24,27H2,1-4H3,(H2,51,52,53,54). The second-order valence-electron chi connectivity index (χ2n) is 17.4. The van der Waals surface area contributed by atoms with Crippen LogP contribution in [-0.4, -0.2) is 117 Å². The van der Waals surface area contributed by atoms with Gasteiger partial charge in [0.1, 0.15) is 35.4 Å². The number of fused-ring (bicyclic) bond motifs is 4. The Morgan fingerprint density at radius 1 is 0.836 bits per heavy atom. The molecule has 0 spiro atoms. The topological polar surface area (TPSA) is 218 Å². The second kappa shape index (κ2) is 20.3. The molecule has 18 heteroatoms. The lowest BCUT2D eigenvalue weighted by molar-refractivity contribution is -0.132. The number of carbonyl (C=O) groups excluding carboxylic acids is 4. The highest BCUT2D eigenvalue weighted by atomic mass is 16.5. The van der Waals surface area contributed by atoms with Gasteiger partial charge in [0.2, 0.25) is 0 Å². The molecule has 0 saturated heterocycles. The summed E-state index contributed by atoms with van der Waals surface area (Å²) in [4.78, 5) is 65.2. The predicted octanol–water partition coefficient (Wildman–Crippen LogP) is 7.27. The summed E-state index contributed by atoms with van der Waals surface area (Å²) in [6, 6.07) is 10.6. The summed E-state index contributed by atoms with van der Waals surface area (Å²) in [5.74, 6) is 1.88. The fourth-order valence-electron chi connectivity index (χ4n) is 9.00. The molecule has 2 fully saturated rings. The van der Waals surface area contributed by atoms with Crippen LogP contribution in [0, 0.1) is 20.8 Å². The van der Waals surface area contributed by atoms with E-state index in [1.807, 2.05) is 18.5 Å². The molecule has 3 N–H and O–H groups in total. The third-order valence-electron chi connectivity index (χ3n) is 12.5. The van der Waals surface area contributed by atoms with Gasteiger partial charge >= 0.3 is 0 Å². The van der Waals surface area contributed by atoms with Gasteiger partial charge in [-0.2, -0.15) is 5.10 Å². The van der Waals surface area contributed by atoms with Crippen LogP contribution in [-0.2, 0) is 41.7 Å². The number of H-pyrrole nitrogens is 1. The number of Topliss-reactive ketones (excluding diaryl/α,β-unsaturated/α-hetero) is 2. The maximum Gasteiger partial charge on any atom is 0.264 e. The monoisotopic (exact) mass is 915 g/mol. The third-order valence-corrected chi connectivity index (χ3v) is 12.5. The molecule has 1 aliphatic heterocycles. The maximum atomic E-state index is 13.3.